The highest BCUT2D eigenvalue weighted by Gasteiger charge is 2.09. The Balaban J connectivity index is 2.43. The lowest BCUT2D eigenvalue weighted by Gasteiger charge is -2.14. The highest BCUT2D eigenvalue weighted by molar-refractivity contribution is 5.34. The summed E-state index contributed by atoms with van der Waals surface area (Å²) in [6.07, 6.45) is 1.01. The molecule has 0 saturated heterocycles. The normalized spacial score (nSPS) is 16.0. The maximum Gasteiger partial charge on any atom is 0.146 e. The molecule has 1 aromatic rings. The van der Waals surface area contributed by atoms with Crippen molar-refractivity contribution >= 4 is 5.82 Å². The van der Waals surface area contributed by atoms with Crippen LogP contribution in [0.15, 0.2) is 6.07 Å². The molecule has 2 heterocycles. The van der Waals surface area contributed by atoms with E-state index in [1.165, 1.54) is 5.56 Å². The molecular weight excluding hydrogens is 140 g/mol. The molecule has 0 fully saturated rings. The van der Waals surface area contributed by atoms with E-state index in [0.717, 1.165) is 25.2 Å². The maximum absolute atomic E-state index is 5.49. The van der Waals surface area contributed by atoms with Gasteiger partial charge in [-0.15, -0.1) is 5.10 Å². The zero-order valence-electron chi connectivity index (χ0n) is 6.17. The van der Waals surface area contributed by atoms with Gasteiger partial charge in [-0.3, -0.25) is 0 Å². The van der Waals surface area contributed by atoms with Crippen molar-refractivity contribution in [3.8, 4) is 0 Å². The van der Waals surface area contributed by atoms with Crippen LogP contribution in [-0.4, -0.2) is 16.7 Å². The van der Waals surface area contributed by atoms with Crippen LogP contribution in [0.4, 0.5) is 5.82 Å². The van der Waals surface area contributed by atoms with Crippen LogP contribution in [0.5, 0.6) is 0 Å². The summed E-state index contributed by atoms with van der Waals surface area (Å²) < 4.78 is 0. The SMILES string of the molecule is Nc1cc2c(nn1)CNCC2. The molecule has 3 N–H and O–H groups in total. The van der Waals surface area contributed by atoms with Crippen molar-refractivity contribution in [2.75, 3.05) is 12.3 Å². The fourth-order valence-electron chi connectivity index (χ4n) is 1.27. The van der Waals surface area contributed by atoms with Gasteiger partial charge in [-0.1, -0.05) is 0 Å². The first-order valence-electron chi connectivity index (χ1n) is 3.68. The van der Waals surface area contributed by atoms with Gasteiger partial charge in [-0.25, -0.2) is 0 Å². The zero-order chi connectivity index (χ0) is 7.68. The topological polar surface area (TPSA) is 63.8 Å². The largest absolute Gasteiger partial charge is 0.382 e. The predicted molar refractivity (Wildman–Crippen MR) is 41.9 cm³/mol. The summed E-state index contributed by atoms with van der Waals surface area (Å²) in [6, 6.07) is 1.91. The second-order valence-corrected chi connectivity index (χ2v) is 2.67. The van der Waals surface area contributed by atoms with E-state index in [9.17, 15) is 0 Å². The van der Waals surface area contributed by atoms with Crippen LogP contribution in [-0.2, 0) is 13.0 Å². The van der Waals surface area contributed by atoms with E-state index in [-0.39, 0.29) is 0 Å². The first-order chi connectivity index (χ1) is 5.36. The lowest BCUT2D eigenvalue weighted by Crippen LogP contribution is -2.25. The summed E-state index contributed by atoms with van der Waals surface area (Å²) in [6.45, 7) is 1.83. The van der Waals surface area contributed by atoms with Gasteiger partial charge < -0.3 is 11.1 Å². The zero-order valence-corrected chi connectivity index (χ0v) is 6.17. The Kier molecular flexibility index (Phi) is 1.47. The van der Waals surface area contributed by atoms with Gasteiger partial charge in [0.15, 0.2) is 0 Å². The van der Waals surface area contributed by atoms with Crippen molar-refractivity contribution in [2.24, 2.45) is 0 Å². The Morgan fingerprint density at radius 3 is 3.27 bits per heavy atom. The number of hydrogen-bond acceptors (Lipinski definition) is 4. The number of rotatable bonds is 0. The van der Waals surface area contributed by atoms with Crippen molar-refractivity contribution in [2.45, 2.75) is 13.0 Å². The minimum atomic E-state index is 0.519. The number of nitrogens with zero attached hydrogens (tertiary/aromatic N) is 2. The molecule has 0 unspecified atom stereocenters. The van der Waals surface area contributed by atoms with Crippen LogP contribution in [0.25, 0.3) is 0 Å². The minimum Gasteiger partial charge on any atom is -0.382 e. The smallest absolute Gasteiger partial charge is 0.146 e. The predicted octanol–water partition coefficient (Wildman–Crippen LogP) is -0.296. The van der Waals surface area contributed by atoms with E-state index in [0.29, 0.717) is 5.82 Å². The number of aromatic nitrogens is 2. The third-order valence-electron chi connectivity index (χ3n) is 1.84. The lowest BCUT2D eigenvalue weighted by atomic mass is 10.1. The van der Waals surface area contributed by atoms with E-state index in [4.69, 9.17) is 5.73 Å². The first kappa shape index (κ1) is 6.54. The number of hydrogen-bond donors (Lipinski definition) is 2. The van der Waals surface area contributed by atoms with Gasteiger partial charge in [0.1, 0.15) is 5.82 Å². The molecule has 0 amide bonds. The van der Waals surface area contributed by atoms with E-state index in [1.54, 1.807) is 0 Å². The van der Waals surface area contributed by atoms with Crippen LogP contribution in [0.2, 0.25) is 0 Å². The molecule has 0 aromatic carbocycles. The van der Waals surface area contributed by atoms with Crippen molar-refractivity contribution in [1.82, 2.24) is 15.5 Å². The summed E-state index contributed by atoms with van der Waals surface area (Å²) in [5, 5.41) is 11.0. The second kappa shape index (κ2) is 2.47. The van der Waals surface area contributed by atoms with E-state index in [2.05, 4.69) is 15.5 Å². The van der Waals surface area contributed by atoms with Crippen molar-refractivity contribution in [3.05, 3.63) is 17.3 Å². The third-order valence-corrected chi connectivity index (χ3v) is 1.84. The summed E-state index contributed by atoms with van der Waals surface area (Å²) >= 11 is 0. The molecule has 4 nitrogen and oxygen atoms in total. The van der Waals surface area contributed by atoms with Gasteiger partial charge in [0.25, 0.3) is 0 Å². The molecule has 1 aliphatic heterocycles. The summed E-state index contributed by atoms with van der Waals surface area (Å²) in [4.78, 5) is 0. The molecule has 0 saturated carbocycles. The molecule has 0 spiro atoms. The summed E-state index contributed by atoms with van der Waals surface area (Å²) in [7, 11) is 0. The molecule has 0 atom stereocenters. The molecule has 1 aromatic heterocycles. The molecular formula is C7H10N4. The standard InChI is InChI=1S/C7H10N4/c8-7-3-5-1-2-9-4-6(5)10-11-7/h3,9H,1-2,4H2,(H2,8,11). The Hall–Kier alpha value is -1.16. The van der Waals surface area contributed by atoms with Crippen LogP contribution in [0.1, 0.15) is 11.3 Å². The average Bonchev–Trinajstić information content (AvgIpc) is 2.04. The van der Waals surface area contributed by atoms with Crippen LogP contribution in [0.3, 0.4) is 0 Å². The number of nitrogens with one attached hydrogen (secondary N) is 1. The molecule has 1 aliphatic rings. The van der Waals surface area contributed by atoms with Crippen LogP contribution >= 0.6 is 0 Å². The Bertz CT molecular complexity index is 271. The Labute approximate surface area is 64.8 Å². The number of fused-ring (bicyclic) bond motifs is 1. The number of nitrogen functional groups attached to an aromatic ring is 1. The lowest BCUT2D eigenvalue weighted by molar-refractivity contribution is 0.617. The van der Waals surface area contributed by atoms with Crippen molar-refractivity contribution < 1.29 is 0 Å². The van der Waals surface area contributed by atoms with Gasteiger partial charge in [-0.05, 0) is 24.6 Å². The van der Waals surface area contributed by atoms with Gasteiger partial charge in [0.05, 0.1) is 5.69 Å². The second-order valence-electron chi connectivity index (χ2n) is 2.67. The molecule has 0 bridgehead atoms. The molecule has 11 heavy (non-hydrogen) atoms. The summed E-state index contributed by atoms with van der Waals surface area (Å²) in [5.74, 6) is 0.519. The van der Waals surface area contributed by atoms with Crippen molar-refractivity contribution in [3.63, 3.8) is 0 Å². The quantitative estimate of drug-likeness (QED) is 0.533. The first-order valence-corrected chi connectivity index (χ1v) is 3.68. The maximum atomic E-state index is 5.49. The molecule has 2 rings (SSSR count). The monoisotopic (exact) mass is 150 g/mol. The van der Waals surface area contributed by atoms with Crippen LogP contribution in [0, 0.1) is 0 Å². The van der Waals surface area contributed by atoms with Crippen LogP contribution < -0.4 is 11.1 Å². The van der Waals surface area contributed by atoms with Gasteiger partial charge in [0, 0.05) is 6.54 Å². The average molecular weight is 150 g/mol. The molecule has 4 heteroatoms. The van der Waals surface area contributed by atoms with Crippen molar-refractivity contribution in [1.29, 1.82) is 0 Å². The van der Waals surface area contributed by atoms with Gasteiger partial charge in [-0.2, -0.15) is 5.10 Å². The van der Waals surface area contributed by atoms with E-state index in [1.807, 2.05) is 6.07 Å². The van der Waals surface area contributed by atoms with Gasteiger partial charge >= 0.3 is 0 Å². The highest BCUT2D eigenvalue weighted by atomic mass is 15.1. The number of nitrogens with two attached hydrogens (primary N) is 1. The fraction of sp³-hybridized carbons (Fsp3) is 0.429. The van der Waals surface area contributed by atoms with E-state index >= 15 is 0 Å². The molecule has 0 aliphatic carbocycles. The molecule has 0 radical (unpaired) electrons. The van der Waals surface area contributed by atoms with Gasteiger partial charge in [0.2, 0.25) is 0 Å². The van der Waals surface area contributed by atoms with E-state index < -0.39 is 0 Å². The summed E-state index contributed by atoms with van der Waals surface area (Å²) in [5.41, 5.74) is 7.75. The fourth-order valence-corrected chi connectivity index (χ4v) is 1.27. The molecule has 58 valence electrons. The Morgan fingerprint density at radius 2 is 2.36 bits per heavy atom. The third kappa shape index (κ3) is 1.17. The Morgan fingerprint density at radius 1 is 1.45 bits per heavy atom. The highest BCUT2D eigenvalue weighted by Crippen LogP contribution is 2.11. The number of anilines is 1. The minimum absolute atomic E-state index is 0.519.